The summed E-state index contributed by atoms with van der Waals surface area (Å²) in [5.41, 5.74) is 1.75. The summed E-state index contributed by atoms with van der Waals surface area (Å²) in [7, 11) is 0. The van der Waals surface area contributed by atoms with Crippen LogP contribution in [-0.2, 0) is 0 Å². The number of anilines is 1. The van der Waals surface area contributed by atoms with E-state index in [1.54, 1.807) is 6.20 Å². The Morgan fingerprint density at radius 1 is 1.14 bits per heavy atom. The molecule has 0 aromatic carbocycles. The van der Waals surface area contributed by atoms with Crippen LogP contribution in [0.25, 0.3) is 0 Å². The largest absolute Gasteiger partial charge is 0.368 e. The first-order chi connectivity index (χ1) is 10.2. The van der Waals surface area contributed by atoms with Gasteiger partial charge in [0.1, 0.15) is 0 Å². The summed E-state index contributed by atoms with van der Waals surface area (Å²) >= 11 is 0. The number of pyridine rings is 1. The molecule has 0 spiro atoms. The molecule has 1 aromatic rings. The second-order valence-corrected chi connectivity index (χ2v) is 5.33. The van der Waals surface area contributed by atoms with Crippen molar-refractivity contribution in [3.63, 3.8) is 0 Å². The fourth-order valence-corrected chi connectivity index (χ4v) is 2.73. The smallest absolute Gasteiger partial charge is 0.255 e. The summed E-state index contributed by atoms with van der Waals surface area (Å²) in [6.45, 7) is 12.9. The van der Waals surface area contributed by atoms with Gasteiger partial charge in [0, 0.05) is 45.5 Å². The van der Waals surface area contributed by atoms with E-state index in [0.29, 0.717) is 5.56 Å². The molecule has 0 aliphatic carbocycles. The number of carbonyl (C=O) groups is 1. The van der Waals surface area contributed by atoms with E-state index in [9.17, 15) is 4.79 Å². The summed E-state index contributed by atoms with van der Waals surface area (Å²) in [6.07, 6.45) is 3.53. The van der Waals surface area contributed by atoms with Crippen molar-refractivity contribution >= 4 is 11.6 Å². The van der Waals surface area contributed by atoms with Gasteiger partial charge in [-0.3, -0.25) is 9.78 Å². The van der Waals surface area contributed by atoms with Crippen molar-refractivity contribution in [2.45, 2.75) is 20.8 Å². The van der Waals surface area contributed by atoms with Crippen LogP contribution in [0.4, 0.5) is 5.69 Å². The molecule has 1 aromatic heterocycles. The highest BCUT2D eigenvalue weighted by Gasteiger charge is 2.18. The first kappa shape index (κ1) is 15.8. The number of piperazine rings is 1. The molecule has 1 amide bonds. The van der Waals surface area contributed by atoms with E-state index in [4.69, 9.17) is 0 Å². The van der Waals surface area contributed by atoms with Crippen LogP contribution < -0.4 is 4.90 Å². The van der Waals surface area contributed by atoms with E-state index < -0.39 is 0 Å². The standard InChI is InChI=1S/C16H26N4O/c1-4-18-7-9-20(10-8-18)15-11-14(12-17-13-15)16(21)19(5-2)6-3/h11-13H,4-10H2,1-3H3. The van der Waals surface area contributed by atoms with E-state index in [1.165, 1.54) is 0 Å². The lowest BCUT2D eigenvalue weighted by molar-refractivity contribution is 0.0772. The monoisotopic (exact) mass is 290 g/mol. The van der Waals surface area contributed by atoms with Crippen LogP contribution in [0.3, 0.4) is 0 Å². The zero-order valence-corrected chi connectivity index (χ0v) is 13.4. The maximum absolute atomic E-state index is 12.4. The minimum Gasteiger partial charge on any atom is -0.368 e. The molecule has 0 saturated carbocycles. The van der Waals surface area contributed by atoms with Crippen molar-refractivity contribution < 1.29 is 4.79 Å². The Hall–Kier alpha value is -1.62. The zero-order valence-electron chi connectivity index (χ0n) is 13.4. The molecule has 0 radical (unpaired) electrons. The van der Waals surface area contributed by atoms with Gasteiger partial charge in [-0.15, -0.1) is 0 Å². The van der Waals surface area contributed by atoms with E-state index in [2.05, 4.69) is 21.7 Å². The van der Waals surface area contributed by atoms with Crippen molar-refractivity contribution in [2.75, 3.05) is 50.7 Å². The van der Waals surface area contributed by atoms with Crippen molar-refractivity contribution in [2.24, 2.45) is 0 Å². The molecule has 1 aliphatic rings. The summed E-state index contributed by atoms with van der Waals surface area (Å²) in [4.78, 5) is 23.3. The molecular weight excluding hydrogens is 264 g/mol. The second kappa shape index (κ2) is 7.41. The molecule has 116 valence electrons. The fourth-order valence-electron chi connectivity index (χ4n) is 2.73. The third-order valence-corrected chi connectivity index (χ3v) is 4.21. The molecule has 2 rings (SSSR count). The molecule has 1 aliphatic heterocycles. The van der Waals surface area contributed by atoms with Gasteiger partial charge in [0.05, 0.1) is 17.4 Å². The summed E-state index contributed by atoms with van der Waals surface area (Å²) < 4.78 is 0. The summed E-state index contributed by atoms with van der Waals surface area (Å²) in [5.74, 6) is 0.0709. The maximum atomic E-state index is 12.4. The lowest BCUT2D eigenvalue weighted by Gasteiger charge is -2.35. The van der Waals surface area contributed by atoms with Gasteiger partial charge < -0.3 is 14.7 Å². The van der Waals surface area contributed by atoms with Crippen LogP contribution in [-0.4, -0.2) is 66.5 Å². The van der Waals surface area contributed by atoms with Crippen LogP contribution in [0.5, 0.6) is 0 Å². The Balaban J connectivity index is 2.09. The maximum Gasteiger partial charge on any atom is 0.255 e. The molecular formula is C16H26N4O. The average Bonchev–Trinajstić information content (AvgIpc) is 2.56. The molecule has 0 N–H and O–H groups in total. The number of nitrogens with zero attached hydrogens (tertiary/aromatic N) is 4. The first-order valence-corrected chi connectivity index (χ1v) is 7.91. The Labute approximate surface area is 127 Å². The van der Waals surface area contributed by atoms with Crippen molar-refractivity contribution in [3.05, 3.63) is 24.0 Å². The quantitative estimate of drug-likeness (QED) is 0.827. The summed E-state index contributed by atoms with van der Waals surface area (Å²) in [5, 5.41) is 0. The van der Waals surface area contributed by atoms with Crippen LogP contribution in [0.2, 0.25) is 0 Å². The predicted molar refractivity (Wildman–Crippen MR) is 85.8 cm³/mol. The number of hydrogen-bond donors (Lipinski definition) is 0. The van der Waals surface area contributed by atoms with Gasteiger partial charge in [0.15, 0.2) is 0 Å². The SMILES string of the molecule is CCN1CCN(c2cncc(C(=O)N(CC)CC)c2)CC1. The van der Waals surface area contributed by atoms with Crippen molar-refractivity contribution in [1.29, 1.82) is 0 Å². The molecule has 1 saturated heterocycles. The number of aromatic nitrogens is 1. The predicted octanol–water partition coefficient (Wildman–Crippen LogP) is 1.71. The fraction of sp³-hybridized carbons (Fsp3) is 0.625. The van der Waals surface area contributed by atoms with Crippen LogP contribution in [0.15, 0.2) is 18.5 Å². The summed E-state index contributed by atoms with van der Waals surface area (Å²) in [6, 6.07) is 1.98. The third-order valence-electron chi connectivity index (χ3n) is 4.21. The highest BCUT2D eigenvalue weighted by molar-refractivity contribution is 5.94. The van der Waals surface area contributed by atoms with Gasteiger partial charge >= 0.3 is 0 Å². The number of likely N-dealkylation sites (N-methyl/N-ethyl adjacent to an activating group) is 1. The van der Waals surface area contributed by atoms with Gasteiger partial charge in [0.25, 0.3) is 5.91 Å². The lowest BCUT2D eigenvalue weighted by atomic mass is 10.2. The Morgan fingerprint density at radius 3 is 2.38 bits per heavy atom. The Morgan fingerprint density at radius 2 is 1.81 bits per heavy atom. The molecule has 0 atom stereocenters. The van der Waals surface area contributed by atoms with Gasteiger partial charge in [-0.1, -0.05) is 6.92 Å². The number of carbonyl (C=O) groups excluding carboxylic acids is 1. The van der Waals surface area contributed by atoms with Crippen LogP contribution in [0, 0.1) is 0 Å². The normalized spacial score (nSPS) is 16.0. The average molecular weight is 290 g/mol. The van der Waals surface area contributed by atoms with E-state index in [-0.39, 0.29) is 5.91 Å². The minimum atomic E-state index is 0.0709. The third kappa shape index (κ3) is 3.73. The van der Waals surface area contributed by atoms with Crippen LogP contribution in [0.1, 0.15) is 31.1 Å². The first-order valence-electron chi connectivity index (χ1n) is 7.91. The molecule has 21 heavy (non-hydrogen) atoms. The number of hydrogen-bond acceptors (Lipinski definition) is 4. The van der Waals surface area contributed by atoms with Gasteiger partial charge in [-0.05, 0) is 26.5 Å². The highest BCUT2D eigenvalue weighted by Crippen LogP contribution is 2.17. The van der Waals surface area contributed by atoms with E-state index in [0.717, 1.165) is 51.5 Å². The minimum absolute atomic E-state index is 0.0709. The van der Waals surface area contributed by atoms with Gasteiger partial charge in [0.2, 0.25) is 0 Å². The zero-order chi connectivity index (χ0) is 15.2. The van der Waals surface area contributed by atoms with Gasteiger partial charge in [-0.25, -0.2) is 0 Å². The van der Waals surface area contributed by atoms with E-state index >= 15 is 0 Å². The Bertz CT molecular complexity index is 465. The number of rotatable bonds is 5. The molecule has 5 heteroatoms. The van der Waals surface area contributed by atoms with Crippen molar-refractivity contribution in [3.8, 4) is 0 Å². The Kier molecular flexibility index (Phi) is 5.56. The molecule has 0 unspecified atom stereocenters. The second-order valence-electron chi connectivity index (χ2n) is 5.33. The lowest BCUT2D eigenvalue weighted by Crippen LogP contribution is -2.46. The molecule has 1 fully saturated rings. The van der Waals surface area contributed by atoms with Crippen LogP contribution >= 0.6 is 0 Å². The van der Waals surface area contributed by atoms with Gasteiger partial charge in [-0.2, -0.15) is 0 Å². The molecule has 0 bridgehead atoms. The highest BCUT2D eigenvalue weighted by atomic mass is 16.2. The number of amides is 1. The van der Waals surface area contributed by atoms with Crippen molar-refractivity contribution in [1.82, 2.24) is 14.8 Å². The molecule has 2 heterocycles. The molecule has 5 nitrogen and oxygen atoms in total. The topological polar surface area (TPSA) is 39.7 Å². The van der Waals surface area contributed by atoms with E-state index in [1.807, 2.05) is 31.0 Å².